The Balaban J connectivity index is 1.91. The zero-order chi connectivity index (χ0) is 13.0. The number of aryl methyl sites for hydroxylation is 1. The number of aromatic nitrogens is 3. The standard InChI is InChI=1S/C12H13FN4O/c1-9-2-3-10(11(13)8-9)12(18)14-4-6-17-7-5-15-16-17/h2-3,5,7-8H,4,6H2,1H3,(H,14,18). The van der Waals surface area contributed by atoms with Gasteiger partial charge in [-0.25, -0.2) is 4.39 Å². The van der Waals surface area contributed by atoms with E-state index in [2.05, 4.69) is 15.6 Å². The van der Waals surface area contributed by atoms with Crippen molar-refractivity contribution < 1.29 is 9.18 Å². The summed E-state index contributed by atoms with van der Waals surface area (Å²) in [7, 11) is 0. The van der Waals surface area contributed by atoms with Gasteiger partial charge >= 0.3 is 0 Å². The van der Waals surface area contributed by atoms with Gasteiger partial charge in [0.1, 0.15) is 5.82 Å². The summed E-state index contributed by atoms with van der Waals surface area (Å²) in [6, 6.07) is 4.53. The second-order valence-corrected chi connectivity index (χ2v) is 3.91. The molecule has 0 radical (unpaired) electrons. The first-order chi connectivity index (χ1) is 8.66. The number of amides is 1. The lowest BCUT2D eigenvalue weighted by Gasteiger charge is -2.06. The van der Waals surface area contributed by atoms with E-state index in [1.807, 2.05) is 0 Å². The van der Waals surface area contributed by atoms with Gasteiger partial charge in [0.25, 0.3) is 5.91 Å². The molecular formula is C12H13FN4O. The van der Waals surface area contributed by atoms with Gasteiger partial charge in [0.2, 0.25) is 0 Å². The van der Waals surface area contributed by atoms with Gasteiger partial charge in [-0.3, -0.25) is 9.48 Å². The molecule has 1 aromatic carbocycles. The van der Waals surface area contributed by atoms with Gasteiger partial charge in [0.05, 0.1) is 18.3 Å². The third-order valence-electron chi connectivity index (χ3n) is 2.47. The molecule has 0 atom stereocenters. The van der Waals surface area contributed by atoms with Crippen LogP contribution in [0.15, 0.2) is 30.6 Å². The van der Waals surface area contributed by atoms with Crippen LogP contribution in [0.4, 0.5) is 4.39 Å². The summed E-state index contributed by atoms with van der Waals surface area (Å²) in [6.07, 6.45) is 3.25. The molecule has 6 heteroatoms. The van der Waals surface area contributed by atoms with Crippen LogP contribution < -0.4 is 5.32 Å². The molecule has 0 bridgehead atoms. The summed E-state index contributed by atoms with van der Waals surface area (Å²) >= 11 is 0. The van der Waals surface area contributed by atoms with Gasteiger partial charge in [0.15, 0.2) is 0 Å². The summed E-state index contributed by atoms with van der Waals surface area (Å²) in [5.74, 6) is -0.930. The average molecular weight is 248 g/mol. The van der Waals surface area contributed by atoms with Gasteiger partial charge in [-0.1, -0.05) is 11.3 Å². The maximum absolute atomic E-state index is 13.5. The SMILES string of the molecule is Cc1ccc(C(=O)NCCn2ccnn2)c(F)c1. The Morgan fingerprint density at radius 1 is 1.50 bits per heavy atom. The first kappa shape index (κ1) is 12.2. The average Bonchev–Trinajstić information content (AvgIpc) is 2.81. The zero-order valence-corrected chi connectivity index (χ0v) is 9.93. The van der Waals surface area contributed by atoms with Crippen LogP contribution in [-0.2, 0) is 6.54 Å². The molecule has 0 saturated carbocycles. The third kappa shape index (κ3) is 2.91. The molecule has 0 aliphatic heterocycles. The topological polar surface area (TPSA) is 59.8 Å². The van der Waals surface area contributed by atoms with Crippen molar-refractivity contribution in [3.05, 3.63) is 47.5 Å². The van der Waals surface area contributed by atoms with Crippen molar-refractivity contribution in [2.75, 3.05) is 6.54 Å². The molecule has 0 spiro atoms. The predicted octanol–water partition coefficient (Wildman–Crippen LogP) is 1.16. The Labute approximate surface area is 104 Å². The molecule has 2 rings (SSSR count). The Morgan fingerprint density at radius 3 is 3.00 bits per heavy atom. The molecule has 1 heterocycles. The van der Waals surface area contributed by atoms with E-state index < -0.39 is 11.7 Å². The highest BCUT2D eigenvalue weighted by molar-refractivity contribution is 5.94. The van der Waals surface area contributed by atoms with Crippen LogP contribution in [0, 0.1) is 12.7 Å². The fourth-order valence-corrected chi connectivity index (χ4v) is 1.54. The minimum Gasteiger partial charge on any atom is -0.350 e. The molecule has 94 valence electrons. The number of carbonyl (C=O) groups is 1. The number of hydrogen-bond acceptors (Lipinski definition) is 3. The second-order valence-electron chi connectivity index (χ2n) is 3.91. The first-order valence-corrected chi connectivity index (χ1v) is 5.55. The minimum atomic E-state index is -0.506. The van der Waals surface area contributed by atoms with E-state index in [1.165, 1.54) is 12.1 Å². The highest BCUT2D eigenvalue weighted by atomic mass is 19.1. The third-order valence-corrected chi connectivity index (χ3v) is 2.47. The normalized spacial score (nSPS) is 10.3. The maximum Gasteiger partial charge on any atom is 0.254 e. The molecule has 0 unspecified atom stereocenters. The van der Waals surface area contributed by atoms with Gasteiger partial charge in [-0.05, 0) is 24.6 Å². The fraction of sp³-hybridized carbons (Fsp3) is 0.250. The summed E-state index contributed by atoms with van der Waals surface area (Å²) in [6.45, 7) is 2.64. The highest BCUT2D eigenvalue weighted by Crippen LogP contribution is 2.09. The molecule has 0 aliphatic rings. The second kappa shape index (κ2) is 5.39. The Morgan fingerprint density at radius 2 is 2.33 bits per heavy atom. The maximum atomic E-state index is 13.5. The smallest absolute Gasteiger partial charge is 0.254 e. The number of halogens is 1. The van der Waals surface area contributed by atoms with E-state index in [-0.39, 0.29) is 5.56 Å². The van der Waals surface area contributed by atoms with E-state index in [9.17, 15) is 9.18 Å². The Kier molecular flexibility index (Phi) is 3.66. The minimum absolute atomic E-state index is 0.0548. The molecule has 0 saturated heterocycles. The number of rotatable bonds is 4. The van der Waals surface area contributed by atoms with Crippen molar-refractivity contribution in [1.29, 1.82) is 0 Å². The van der Waals surface area contributed by atoms with Crippen LogP contribution >= 0.6 is 0 Å². The monoisotopic (exact) mass is 248 g/mol. The van der Waals surface area contributed by atoms with Crippen molar-refractivity contribution in [3.63, 3.8) is 0 Å². The van der Waals surface area contributed by atoms with Crippen LogP contribution in [0.2, 0.25) is 0 Å². The van der Waals surface area contributed by atoms with E-state index in [0.29, 0.717) is 13.1 Å². The van der Waals surface area contributed by atoms with Crippen LogP contribution in [0.1, 0.15) is 15.9 Å². The van der Waals surface area contributed by atoms with Crippen LogP contribution in [0.3, 0.4) is 0 Å². The molecule has 1 aromatic heterocycles. The summed E-state index contributed by atoms with van der Waals surface area (Å²) in [5.41, 5.74) is 0.839. The van der Waals surface area contributed by atoms with Gasteiger partial charge in [-0.2, -0.15) is 0 Å². The number of benzene rings is 1. The number of hydrogen-bond donors (Lipinski definition) is 1. The van der Waals surface area contributed by atoms with Crippen LogP contribution in [0.5, 0.6) is 0 Å². The van der Waals surface area contributed by atoms with Gasteiger partial charge in [0, 0.05) is 12.7 Å². The molecule has 2 aromatic rings. The fourth-order valence-electron chi connectivity index (χ4n) is 1.54. The van der Waals surface area contributed by atoms with E-state index in [4.69, 9.17) is 0 Å². The quantitative estimate of drug-likeness (QED) is 0.883. The Bertz CT molecular complexity index is 539. The van der Waals surface area contributed by atoms with Crippen LogP contribution in [0.25, 0.3) is 0 Å². The lowest BCUT2D eigenvalue weighted by Crippen LogP contribution is -2.28. The zero-order valence-electron chi connectivity index (χ0n) is 9.93. The summed E-state index contributed by atoms with van der Waals surface area (Å²) in [4.78, 5) is 11.7. The van der Waals surface area contributed by atoms with Crippen molar-refractivity contribution >= 4 is 5.91 Å². The molecule has 5 nitrogen and oxygen atoms in total. The Hall–Kier alpha value is -2.24. The molecule has 0 aliphatic carbocycles. The van der Waals surface area contributed by atoms with Crippen LogP contribution in [-0.4, -0.2) is 27.4 Å². The lowest BCUT2D eigenvalue weighted by molar-refractivity contribution is 0.0948. The number of nitrogens with one attached hydrogen (secondary N) is 1. The molecule has 1 N–H and O–H groups in total. The molecular weight excluding hydrogens is 235 g/mol. The largest absolute Gasteiger partial charge is 0.350 e. The summed E-state index contributed by atoms with van der Waals surface area (Å²) < 4.78 is 15.1. The molecule has 18 heavy (non-hydrogen) atoms. The summed E-state index contributed by atoms with van der Waals surface area (Å²) in [5, 5.41) is 10.0. The first-order valence-electron chi connectivity index (χ1n) is 5.55. The molecule has 0 fully saturated rings. The predicted molar refractivity (Wildman–Crippen MR) is 63.5 cm³/mol. The van der Waals surface area contributed by atoms with E-state index in [1.54, 1.807) is 30.1 Å². The van der Waals surface area contributed by atoms with Gasteiger partial charge in [-0.15, -0.1) is 5.10 Å². The number of carbonyl (C=O) groups excluding carboxylic acids is 1. The van der Waals surface area contributed by atoms with E-state index >= 15 is 0 Å². The van der Waals surface area contributed by atoms with Gasteiger partial charge < -0.3 is 5.32 Å². The van der Waals surface area contributed by atoms with Crippen molar-refractivity contribution in [2.24, 2.45) is 0 Å². The molecule has 1 amide bonds. The van der Waals surface area contributed by atoms with Crippen molar-refractivity contribution in [3.8, 4) is 0 Å². The van der Waals surface area contributed by atoms with E-state index in [0.717, 1.165) is 5.56 Å². The lowest BCUT2D eigenvalue weighted by atomic mass is 10.1. The van der Waals surface area contributed by atoms with Crippen molar-refractivity contribution in [1.82, 2.24) is 20.3 Å². The highest BCUT2D eigenvalue weighted by Gasteiger charge is 2.10. The number of nitrogens with zero attached hydrogens (tertiary/aromatic N) is 3. The van der Waals surface area contributed by atoms with Crippen molar-refractivity contribution in [2.45, 2.75) is 13.5 Å².